The summed E-state index contributed by atoms with van der Waals surface area (Å²) in [7, 11) is 1.24. The van der Waals surface area contributed by atoms with Gasteiger partial charge in [-0.15, -0.1) is 11.3 Å². The lowest BCUT2D eigenvalue weighted by Gasteiger charge is -2.03. The summed E-state index contributed by atoms with van der Waals surface area (Å²) in [4.78, 5) is 43.8. The first-order valence-corrected chi connectivity index (χ1v) is 9.89. The number of benzene rings is 2. The number of hydrogen-bond acceptors (Lipinski definition) is 8. The lowest BCUT2D eigenvalue weighted by atomic mass is 10.3. The molecule has 11 heteroatoms. The largest absolute Gasteiger partial charge is 0.468 e. The van der Waals surface area contributed by atoms with Crippen LogP contribution in [-0.4, -0.2) is 33.5 Å². The van der Waals surface area contributed by atoms with E-state index in [1.165, 1.54) is 35.1 Å². The molecule has 146 valence electrons. The second-order valence-corrected chi connectivity index (χ2v) is 7.90. The van der Waals surface area contributed by atoms with E-state index in [2.05, 4.69) is 9.98 Å². The number of aromatic nitrogens is 2. The average Bonchev–Trinajstić information content (AvgIpc) is 3.29. The first kappa shape index (κ1) is 18.9. The van der Waals surface area contributed by atoms with E-state index in [9.17, 15) is 19.7 Å². The van der Waals surface area contributed by atoms with Crippen molar-refractivity contribution in [2.75, 3.05) is 7.11 Å². The molecule has 2 heterocycles. The molecule has 0 bridgehead atoms. The van der Waals surface area contributed by atoms with E-state index in [0.717, 1.165) is 16.0 Å². The summed E-state index contributed by atoms with van der Waals surface area (Å²) in [6, 6.07) is 11.6. The zero-order valence-electron chi connectivity index (χ0n) is 14.9. The Labute approximate surface area is 170 Å². The number of rotatable bonds is 4. The molecule has 0 saturated carbocycles. The van der Waals surface area contributed by atoms with Gasteiger partial charge in [0.05, 0.1) is 32.5 Å². The van der Waals surface area contributed by atoms with E-state index in [1.807, 2.05) is 18.2 Å². The normalized spacial score (nSPS) is 11.8. The van der Waals surface area contributed by atoms with Crippen LogP contribution in [0.15, 0.2) is 47.5 Å². The van der Waals surface area contributed by atoms with Crippen LogP contribution in [0.1, 0.15) is 9.80 Å². The van der Waals surface area contributed by atoms with Crippen molar-refractivity contribution in [3.63, 3.8) is 0 Å². The Morgan fingerprint density at radius 2 is 2.00 bits per heavy atom. The molecule has 4 rings (SSSR count). The third kappa shape index (κ3) is 3.65. The number of non-ortho nitro benzene ring substituents is 1. The summed E-state index contributed by atoms with van der Waals surface area (Å²) in [6.07, 6.45) is 0. The fraction of sp³-hybridized carbons (Fsp3) is 0.111. The lowest BCUT2D eigenvalue weighted by molar-refractivity contribution is -0.384. The number of para-hydroxylation sites is 1. The number of ether oxygens (including phenoxy) is 1. The highest BCUT2D eigenvalue weighted by atomic mass is 32.1. The summed E-state index contributed by atoms with van der Waals surface area (Å²) >= 11 is 2.37. The number of nitro groups is 1. The summed E-state index contributed by atoms with van der Waals surface area (Å²) in [5.74, 6) is -1.11. The van der Waals surface area contributed by atoms with E-state index < -0.39 is 16.8 Å². The molecule has 0 spiro atoms. The molecule has 2 aromatic carbocycles. The van der Waals surface area contributed by atoms with Crippen LogP contribution in [0.25, 0.3) is 20.4 Å². The standard InChI is InChI=1S/C18H12N4O5S2/c1-27-15(23)9-21-12-8-10(22(25)26)6-7-14(12)29-18(21)20-16(24)17-19-11-4-2-3-5-13(11)28-17/h2-8H,9H2,1H3. The van der Waals surface area contributed by atoms with Crippen LogP contribution in [0.2, 0.25) is 0 Å². The smallest absolute Gasteiger partial charge is 0.325 e. The van der Waals surface area contributed by atoms with Crippen LogP contribution < -0.4 is 4.80 Å². The van der Waals surface area contributed by atoms with Gasteiger partial charge in [-0.3, -0.25) is 19.7 Å². The number of hydrogen-bond donors (Lipinski definition) is 0. The number of nitro benzene ring substituents is 1. The van der Waals surface area contributed by atoms with Gasteiger partial charge in [-0.25, -0.2) is 4.98 Å². The quantitative estimate of drug-likeness (QED) is 0.280. The van der Waals surface area contributed by atoms with E-state index in [0.29, 0.717) is 15.7 Å². The van der Waals surface area contributed by atoms with Crippen molar-refractivity contribution >= 4 is 60.7 Å². The minimum Gasteiger partial charge on any atom is -0.468 e. The van der Waals surface area contributed by atoms with Crippen LogP contribution in [0, 0.1) is 10.1 Å². The minimum atomic E-state index is -0.565. The van der Waals surface area contributed by atoms with Crippen LogP contribution in [-0.2, 0) is 16.1 Å². The van der Waals surface area contributed by atoms with Crippen LogP contribution in [0.5, 0.6) is 0 Å². The third-order valence-electron chi connectivity index (χ3n) is 4.07. The second kappa shape index (κ2) is 7.53. The minimum absolute atomic E-state index is 0.127. The molecule has 0 fully saturated rings. The molecular weight excluding hydrogens is 416 g/mol. The molecule has 0 unspecified atom stereocenters. The van der Waals surface area contributed by atoms with Crippen molar-refractivity contribution in [1.29, 1.82) is 0 Å². The Kier molecular flexibility index (Phi) is 4.91. The van der Waals surface area contributed by atoms with Crippen molar-refractivity contribution in [3.05, 3.63) is 62.4 Å². The fourth-order valence-electron chi connectivity index (χ4n) is 2.70. The number of esters is 1. The monoisotopic (exact) mass is 428 g/mol. The summed E-state index contributed by atoms with van der Waals surface area (Å²) in [5, 5.41) is 11.3. The van der Waals surface area contributed by atoms with Crippen molar-refractivity contribution in [2.24, 2.45) is 4.99 Å². The zero-order chi connectivity index (χ0) is 20.5. The molecule has 0 radical (unpaired) electrons. The Balaban J connectivity index is 1.86. The third-order valence-corrected chi connectivity index (χ3v) is 6.15. The number of nitrogens with zero attached hydrogens (tertiary/aromatic N) is 4. The Morgan fingerprint density at radius 3 is 2.72 bits per heavy atom. The van der Waals surface area contributed by atoms with Gasteiger partial charge in [0, 0.05) is 12.1 Å². The Morgan fingerprint density at radius 1 is 1.21 bits per heavy atom. The highest BCUT2D eigenvalue weighted by Gasteiger charge is 2.17. The molecule has 0 aliphatic carbocycles. The highest BCUT2D eigenvalue weighted by Crippen LogP contribution is 2.24. The van der Waals surface area contributed by atoms with Crippen LogP contribution >= 0.6 is 22.7 Å². The van der Waals surface area contributed by atoms with Gasteiger partial charge in [0.25, 0.3) is 5.69 Å². The maximum atomic E-state index is 12.7. The van der Waals surface area contributed by atoms with Crippen molar-refractivity contribution < 1.29 is 19.2 Å². The molecule has 9 nitrogen and oxygen atoms in total. The number of carbonyl (C=O) groups excluding carboxylic acids is 2. The first-order valence-electron chi connectivity index (χ1n) is 8.25. The summed E-state index contributed by atoms with van der Waals surface area (Å²) in [5.41, 5.74) is 0.994. The molecule has 29 heavy (non-hydrogen) atoms. The van der Waals surface area contributed by atoms with Gasteiger partial charge in [0.15, 0.2) is 9.81 Å². The zero-order valence-corrected chi connectivity index (χ0v) is 16.5. The molecule has 2 aromatic heterocycles. The molecule has 0 aliphatic rings. The number of fused-ring (bicyclic) bond motifs is 2. The van der Waals surface area contributed by atoms with Crippen molar-refractivity contribution in [3.8, 4) is 0 Å². The van der Waals surface area contributed by atoms with Gasteiger partial charge >= 0.3 is 11.9 Å². The number of methoxy groups -OCH3 is 1. The Bertz CT molecular complexity index is 1320. The van der Waals surface area contributed by atoms with Gasteiger partial charge in [-0.1, -0.05) is 23.5 Å². The Hall–Kier alpha value is -3.44. The van der Waals surface area contributed by atoms with E-state index in [4.69, 9.17) is 4.74 Å². The molecule has 4 aromatic rings. The van der Waals surface area contributed by atoms with Gasteiger partial charge in [-0.05, 0) is 18.2 Å². The molecule has 0 atom stereocenters. The van der Waals surface area contributed by atoms with Crippen LogP contribution in [0.3, 0.4) is 0 Å². The predicted molar refractivity (Wildman–Crippen MR) is 108 cm³/mol. The van der Waals surface area contributed by atoms with Gasteiger partial charge in [0.2, 0.25) is 0 Å². The van der Waals surface area contributed by atoms with Gasteiger partial charge in [-0.2, -0.15) is 4.99 Å². The summed E-state index contributed by atoms with van der Waals surface area (Å²) in [6.45, 7) is -0.233. The van der Waals surface area contributed by atoms with E-state index in [-0.39, 0.29) is 22.0 Å². The van der Waals surface area contributed by atoms with E-state index in [1.54, 1.807) is 12.1 Å². The molecular formula is C18H12N4O5S2. The molecule has 1 amide bonds. The van der Waals surface area contributed by atoms with Crippen molar-refractivity contribution in [1.82, 2.24) is 9.55 Å². The lowest BCUT2D eigenvalue weighted by Crippen LogP contribution is -2.22. The maximum Gasteiger partial charge on any atom is 0.325 e. The molecule has 0 N–H and O–H groups in total. The maximum absolute atomic E-state index is 12.7. The topological polar surface area (TPSA) is 117 Å². The van der Waals surface area contributed by atoms with Gasteiger partial charge in [0.1, 0.15) is 6.54 Å². The van der Waals surface area contributed by atoms with Crippen LogP contribution in [0.4, 0.5) is 5.69 Å². The van der Waals surface area contributed by atoms with Crippen molar-refractivity contribution in [2.45, 2.75) is 6.54 Å². The van der Waals surface area contributed by atoms with Gasteiger partial charge < -0.3 is 9.30 Å². The molecule has 0 aliphatic heterocycles. The number of amides is 1. The fourth-order valence-corrected chi connectivity index (χ4v) is 4.56. The predicted octanol–water partition coefficient (Wildman–Crippen LogP) is 3.13. The molecule has 0 saturated heterocycles. The average molecular weight is 428 g/mol. The first-order chi connectivity index (χ1) is 14.0. The second-order valence-electron chi connectivity index (χ2n) is 5.86. The SMILES string of the molecule is COC(=O)Cn1c(=NC(=O)c2nc3ccccc3s2)sc2ccc([N+](=O)[O-])cc21. The highest BCUT2D eigenvalue weighted by molar-refractivity contribution is 7.20. The summed E-state index contributed by atoms with van der Waals surface area (Å²) < 4.78 is 7.65. The van der Waals surface area contributed by atoms with E-state index >= 15 is 0 Å². The number of thiazole rings is 2. The number of carbonyl (C=O) groups is 2.